The third-order valence-corrected chi connectivity index (χ3v) is 2.82. The number of rotatable bonds is 1. The van der Waals surface area contributed by atoms with Crippen molar-refractivity contribution in [2.24, 2.45) is 0 Å². The van der Waals surface area contributed by atoms with Crippen molar-refractivity contribution in [2.75, 3.05) is 0 Å². The van der Waals surface area contributed by atoms with Gasteiger partial charge in [-0.2, -0.15) is 31.6 Å². The minimum Gasteiger partial charge on any atom is -0.251 e. The highest BCUT2D eigenvalue weighted by Crippen LogP contribution is 2.38. The summed E-state index contributed by atoms with van der Waals surface area (Å²) in [4.78, 5) is 3.13. The van der Waals surface area contributed by atoms with Gasteiger partial charge in [0.1, 0.15) is 5.69 Å². The molecule has 1 aromatic heterocycles. The fraction of sp³-hybridized carbons (Fsp3) is 0.143. The molecule has 8 heteroatoms. The molecule has 0 aliphatic heterocycles. The van der Waals surface area contributed by atoms with E-state index in [0.717, 1.165) is 24.4 Å². The SMILES string of the molecule is N#Cc1ccc(-c2ccc(C(F)(F)F)nc2)c(C(F)(F)F)c1. The molecule has 2 nitrogen and oxygen atoms in total. The number of hydrogen-bond acceptors (Lipinski definition) is 2. The van der Waals surface area contributed by atoms with Crippen LogP contribution >= 0.6 is 0 Å². The number of aromatic nitrogens is 1. The maximum Gasteiger partial charge on any atom is 0.433 e. The van der Waals surface area contributed by atoms with E-state index in [1.54, 1.807) is 6.07 Å². The lowest BCUT2D eigenvalue weighted by Crippen LogP contribution is -2.09. The van der Waals surface area contributed by atoms with E-state index in [0.29, 0.717) is 12.1 Å². The van der Waals surface area contributed by atoms with Crippen molar-refractivity contribution in [3.05, 3.63) is 53.3 Å². The highest BCUT2D eigenvalue weighted by Gasteiger charge is 2.35. The monoisotopic (exact) mass is 316 g/mol. The zero-order valence-electron chi connectivity index (χ0n) is 10.6. The maximum absolute atomic E-state index is 13.0. The summed E-state index contributed by atoms with van der Waals surface area (Å²) in [5, 5.41) is 8.66. The molecule has 0 radical (unpaired) electrons. The number of benzene rings is 1. The molecule has 1 heterocycles. The fourth-order valence-corrected chi connectivity index (χ4v) is 1.82. The molecule has 0 spiro atoms. The van der Waals surface area contributed by atoms with E-state index in [9.17, 15) is 26.3 Å². The molecule has 0 aliphatic carbocycles. The molecule has 0 bridgehead atoms. The minimum atomic E-state index is -4.75. The van der Waals surface area contributed by atoms with Gasteiger partial charge in [0.05, 0.1) is 17.2 Å². The maximum atomic E-state index is 13.0. The predicted molar refractivity (Wildman–Crippen MR) is 64.4 cm³/mol. The summed E-state index contributed by atoms with van der Waals surface area (Å²) in [6, 6.07) is 5.93. The normalized spacial score (nSPS) is 12.0. The van der Waals surface area contributed by atoms with Crippen LogP contribution in [0, 0.1) is 11.3 Å². The van der Waals surface area contributed by atoms with Gasteiger partial charge in [0.15, 0.2) is 0 Å². The Labute approximate surface area is 120 Å². The number of nitriles is 1. The zero-order chi connectivity index (χ0) is 16.5. The largest absolute Gasteiger partial charge is 0.433 e. The van der Waals surface area contributed by atoms with Gasteiger partial charge in [-0.3, -0.25) is 4.98 Å². The molecule has 114 valence electrons. The first-order valence-electron chi connectivity index (χ1n) is 5.78. The molecule has 1 aromatic carbocycles. The number of hydrogen-bond donors (Lipinski definition) is 0. The van der Waals surface area contributed by atoms with Gasteiger partial charge in [-0.05, 0) is 23.8 Å². The molecule has 0 aliphatic rings. The predicted octanol–water partition coefficient (Wildman–Crippen LogP) is 4.66. The van der Waals surface area contributed by atoms with Gasteiger partial charge in [-0.1, -0.05) is 12.1 Å². The summed E-state index contributed by atoms with van der Waals surface area (Å²) in [7, 11) is 0. The fourth-order valence-electron chi connectivity index (χ4n) is 1.82. The van der Waals surface area contributed by atoms with Crippen molar-refractivity contribution in [3.8, 4) is 17.2 Å². The topological polar surface area (TPSA) is 36.7 Å². The van der Waals surface area contributed by atoms with Crippen LogP contribution in [0.15, 0.2) is 36.5 Å². The van der Waals surface area contributed by atoms with Gasteiger partial charge < -0.3 is 0 Å². The second-order valence-corrected chi connectivity index (χ2v) is 4.30. The van der Waals surface area contributed by atoms with Crippen LogP contribution in [-0.2, 0) is 12.4 Å². The molecule has 0 saturated carbocycles. The Bertz CT molecular complexity index is 723. The molecule has 0 atom stereocenters. The van der Waals surface area contributed by atoms with E-state index in [1.165, 1.54) is 0 Å². The molecule has 0 unspecified atom stereocenters. The Morgan fingerprint density at radius 2 is 1.59 bits per heavy atom. The Balaban J connectivity index is 2.56. The summed E-state index contributed by atoms with van der Waals surface area (Å²) in [6.45, 7) is 0. The van der Waals surface area contributed by atoms with Crippen molar-refractivity contribution >= 4 is 0 Å². The number of alkyl halides is 6. The number of halogens is 6. The van der Waals surface area contributed by atoms with E-state index in [-0.39, 0.29) is 16.7 Å². The van der Waals surface area contributed by atoms with Gasteiger partial charge in [0.25, 0.3) is 0 Å². The molecule has 2 rings (SSSR count). The van der Waals surface area contributed by atoms with Crippen LogP contribution in [0.4, 0.5) is 26.3 Å². The van der Waals surface area contributed by atoms with Crippen molar-refractivity contribution in [1.82, 2.24) is 4.98 Å². The van der Waals surface area contributed by atoms with Crippen LogP contribution in [0.1, 0.15) is 16.8 Å². The minimum absolute atomic E-state index is 0.121. The standard InChI is InChI=1S/C14H6F6N2/c15-13(16,17)11-5-8(6-21)1-3-10(11)9-2-4-12(22-7-9)14(18,19)20/h1-5,7H. The van der Waals surface area contributed by atoms with E-state index in [4.69, 9.17) is 5.26 Å². The number of nitrogens with zero attached hydrogens (tertiary/aromatic N) is 2. The Morgan fingerprint density at radius 3 is 2.05 bits per heavy atom. The first-order chi connectivity index (χ1) is 10.1. The van der Waals surface area contributed by atoms with Crippen molar-refractivity contribution in [1.29, 1.82) is 5.26 Å². The van der Waals surface area contributed by atoms with Crippen LogP contribution < -0.4 is 0 Å². The highest BCUT2D eigenvalue weighted by molar-refractivity contribution is 5.68. The van der Waals surface area contributed by atoms with Crippen LogP contribution in [0.2, 0.25) is 0 Å². The summed E-state index contributed by atoms with van der Waals surface area (Å²) in [5.74, 6) is 0. The second-order valence-electron chi connectivity index (χ2n) is 4.30. The lowest BCUT2D eigenvalue weighted by atomic mass is 9.98. The lowest BCUT2D eigenvalue weighted by Gasteiger charge is -2.14. The molecule has 2 aromatic rings. The van der Waals surface area contributed by atoms with Crippen LogP contribution in [-0.4, -0.2) is 4.98 Å². The molecule has 0 saturated heterocycles. The summed E-state index contributed by atoms with van der Waals surface area (Å²) in [6.07, 6.45) is -8.69. The first-order valence-corrected chi connectivity index (χ1v) is 5.78. The van der Waals surface area contributed by atoms with Gasteiger partial charge >= 0.3 is 12.4 Å². The first kappa shape index (κ1) is 15.8. The van der Waals surface area contributed by atoms with E-state index in [1.807, 2.05) is 0 Å². The van der Waals surface area contributed by atoms with E-state index in [2.05, 4.69) is 4.98 Å². The van der Waals surface area contributed by atoms with Crippen molar-refractivity contribution in [3.63, 3.8) is 0 Å². The summed E-state index contributed by atoms with van der Waals surface area (Å²) in [5.41, 5.74) is -2.96. The van der Waals surface area contributed by atoms with Crippen molar-refractivity contribution < 1.29 is 26.3 Å². The van der Waals surface area contributed by atoms with Crippen LogP contribution in [0.5, 0.6) is 0 Å². The molecule has 22 heavy (non-hydrogen) atoms. The molecule has 0 N–H and O–H groups in total. The third-order valence-electron chi connectivity index (χ3n) is 2.82. The van der Waals surface area contributed by atoms with Crippen molar-refractivity contribution in [2.45, 2.75) is 12.4 Å². The molecule has 0 amide bonds. The molecule has 0 fully saturated rings. The lowest BCUT2D eigenvalue weighted by molar-refractivity contribution is -0.141. The average molecular weight is 316 g/mol. The average Bonchev–Trinajstić information content (AvgIpc) is 2.45. The zero-order valence-corrected chi connectivity index (χ0v) is 10.6. The Hall–Kier alpha value is -2.56. The molecular weight excluding hydrogens is 310 g/mol. The third kappa shape index (κ3) is 3.19. The Morgan fingerprint density at radius 1 is 0.909 bits per heavy atom. The Kier molecular flexibility index (Phi) is 3.83. The van der Waals surface area contributed by atoms with Gasteiger partial charge in [0, 0.05) is 11.8 Å². The quantitative estimate of drug-likeness (QED) is 0.718. The van der Waals surface area contributed by atoms with Gasteiger partial charge in [-0.25, -0.2) is 0 Å². The highest BCUT2D eigenvalue weighted by atomic mass is 19.4. The smallest absolute Gasteiger partial charge is 0.251 e. The van der Waals surface area contributed by atoms with Crippen LogP contribution in [0.3, 0.4) is 0 Å². The van der Waals surface area contributed by atoms with Gasteiger partial charge in [0.2, 0.25) is 0 Å². The van der Waals surface area contributed by atoms with Gasteiger partial charge in [-0.15, -0.1) is 0 Å². The number of pyridine rings is 1. The van der Waals surface area contributed by atoms with E-state index >= 15 is 0 Å². The summed E-state index contributed by atoms with van der Waals surface area (Å²) >= 11 is 0. The second kappa shape index (κ2) is 5.33. The molecular formula is C14H6F6N2. The van der Waals surface area contributed by atoms with Crippen LogP contribution in [0.25, 0.3) is 11.1 Å². The van der Waals surface area contributed by atoms with E-state index < -0.39 is 23.6 Å². The summed E-state index contributed by atoms with van der Waals surface area (Å²) < 4.78 is 76.3.